The molecule has 1 aliphatic rings. The van der Waals surface area contributed by atoms with Gasteiger partial charge in [-0.25, -0.2) is 0 Å². The standard InChI is InChI=1S/C6H14O2.C5H7BO.C2H6/c1-5(2,7)6(3,4)8;6-5-1-3-7-4-2-5;1-2/h7-8H,1-4H3;1H,2-4H2;1-2H3. The van der Waals surface area contributed by atoms with E-state index < -0.39 is 11.2 Å². The fraction of sp³-hybridized carbons (Fsp3) is 0.846. The van der Waals surface area contributed by atoms with Crippen molar-refractivity contribution in [1.82, 2.24) is 0 Å². The number of rotatable bonds is 1. The smallest absolute Gasteiger partial charge is 0.107 e. The number of ether oxygens (including phenoxy) is 1. The van der Waals surface area contributed by atoms with Crippen molar-refractivity contribution in [3.8, 4) is 0 Å². The fourth-order valence-electron chi connectivity index (χ4n) is 0.541. The van der Waals surface area contributed by atoms with Crippen LogP contribution in [0.2, 0.25) is 0 Å². The Bertz CT molecular complexity index is 200. The Balaban J connectivity index is 0. The lowest BCUT2D eigenvalue weighted by atomic mass is 9.90. The Labute approximate surface area is 107 Å². The summed E-state index contributed by atoms with van der Waals surface area (Å²) in [4.78, 5) is 0. The molecule has 0 spiro atoms. The molecule has 4 heteroatoms. The first-order valence-electron chi connectivity index (χ1n) is 6.11. The molecule has 3 nitrogen and oxygen atoms in total. The highest BCUT2D eigenvalue weighted by Crippen LogP contribution is 2.19. The molecular formula is C13H27BO3. The third kappa shape index (κ3) is 10.6. The van der Waals surface area contributed by atoms with Crippen LogP contribution in [0.5, 0.6) is 0 Å². The Morgan fingerprint density at radius 1 is 1.12 bits per heavy atom. The Kier molecular flexibility index (Phi) is 9.77. The van der Waals surface area contributed by atoms with Crippen LogP contribution in [0.25, 0.3) is 0 Å². The van der Waals surface area contributed by atoms with Gasteiger partial charge in [0.15, 0.2) is 0 Å². The molecule has 0 saturated carbocycles. The summed E-state index contributed by atoms with van der Waals surface area (Å²) in [6.07, 6.45) is 2.81. The quantitative estimate of drug-likeness (QED) is 0.691. The van der Waals surface area contributed by atoms with Crippen molar-refractivity contribution in [2.24, 2.45) is 0 Å². The Morgan fingerprint density at radius 2 is 1.53 bits per heavy atom. The van der Waals surface area contributed by atoms with Crippen molar-refractivity contribution in [3.05, 3.63) is 11.5 Å². The van der Waals surface area contributed by atoms with Gasteiger partial charge in [0.05, 0.1) is 17.8 Å². The fourth-order valence-corrected chi connectivity index (χ4v) is 0.541. The molecule has 1 heterocycles. The lowest BCUT2D eigenvalue weighted by molar-refractivity contribution is -0.107. The number of hydrogen-bond donors (Lipinski definition) is 2. The van der Waals surface area contributed by atoms with Crippen LogP contribution in [0.15, 0.2) is 11.5 Å². The van der Waals surface area contributed by atoms with Gasteiger partial charge in [0.25, 0.3) is 0 Å². The lowest BCUT2D eigenvalue weighted by Crippen LogP contribution is -2.44. The number of aliphatic hydroxyl groups is 2. The summed E-state index contributed by atoms with van der Waals surface area (Å²) >= 11 is 0. The molecule has 0 atom stereocenters. The van der Waals surface area contributed by atoms with E-state index in [0.29, 0.717) is 6.61 Å². The van der Waals surface area contributed by atoms with E-state index in [4.69, 9.17) is 22.8 Å². The van der Waals surface area contributed by atoms with Gasteiger partial charge in [0.2, 0.25) is 0 Å². The van der Waals surface area contributed by atoms with Gasteiger partial charge in [-0.05, 0) is 34.1 Å². The van der Waals surface area contributed by atoms with Crippen LogP contribution in [0, 0.1) is 0 Å². The van der Waals surface area contributed by atoms with Crippen molar-refractivity contribution < 1.29 is 14.9 Å². The van der Waals surface area contributed by atoms with Crippen LogP contribution in [0.1, 0.15) is 48.0 Å². The number of hydrogen-bond acceptors (Lipinski definition) is 3. The zero-order valence-corrected chi connectivity index (χ0v) is 12.1. The van der Waals surface area contributed by atoms with Crippen LogP contribution >= 0.6 is 0 Å². The molecule has 1 rings (SSSR count). The van der Waals surface area contributed by atoms with Gasteiger partial charge in [-0.3, -0.25) is 0 Å². The summed E-state index contributed by atoms with van der Waals surface area (Å²) < 4.78 is 4.98. The Morgan fingerprint density at radius 3 is 1.65 bits per heavy atom. The summed E-state index contributed by atoms with van der Waals surface area (Å²) in [6.45, 7) is 11.8. The summed E-state index contributed by atoms with van der Waals surface area (Å²) in [5, 5.41) is 18.2. The van der Waals surface area contributed by atoms with Crippen molar-refractivity contribution in [2.75, 3.05) is 13.2 Å². The van der Waals surface area contributed by atoms with Crippen LogP contribution in [-0.4, -0.2) is 42.5 Å². The highest BCUT2D eigenvalue weighted by atomic mass is 16.5. The second-order valence-electron chi connectivity index (χ2n) is 4.72. The van der Waals surface area contributed by atoms with Crippen LogP contribution in [0.3, 0.4) is 0 Å². The summed E-state index contributed by atoms with van der Waals surface area (Å²) in [7, 11) is 5.42. The Hall–Kier alpha value is -0.315. The van der Waals surface area contributed by atoms with Crippen molar-refractivity contribution in [1.29, 1.82) is 0 Å². The largest absolute Gasteiger partial charge is 0.387 e. The predicted molar refractivity (Wildman–Crippen MR) is 73.2 cm³/mol. The van der Waals surface area contributed by atoms with Crippen molar-refractivity contribution in [2.45, 2.75) is 59.2 Å². The summed E-state index contributed by atoms with van der Waals surface area (Å²) in [6, 6.07) is 0. The minimum Gasteiger partial charge on any atom is -0.387 e. The monoisotopic (exact) mass is 242 g/mol. The normalized spacial score (nSPS) is 15.9. The third-order valence-corrected chi connectivity index (χ3v) is 2.50. The van der Waals surface area contributed by atoms with E-state index in [2.05, 4.69) is 0 Å². The molecule has 0 aromatic heterocycles. The molecule has 1 aliphatic heterocycles. The van der Waals surface area contributed by atoms with Crippen molar-refractivity contribution in [3.63, 3.8) is 0 Å². The van der Waals surface area contributed by atoms with Crippen LogP contribution < -0.4 is 0 Å². The molecule has 100 valence electrons. The third-order valence-electron chi connectivity index (χ3n) is 2.50. The molecule has 0 saturated heterocycles. The van der Waals surface area contributed by atoms with Gasteiger partial charge in [-0.15, -0.1) is 5.47 Å². The molecule has 0 aromatic rings. The van der Waals surface area contributed by atoms with Crippen LogP contribution in [-0.2, 0) is 4.74 Å². The van der Waals surface area contributed by atoms with Gasteiger partial charge < -0.3 is 14.9 Å². The second kappa shape index (κ2) is 8.73. The van der Waals surface area contributed by atoms with Gasteiger partial charge in [0.1, 0.15) is 7.85 Å². The molecule has 2 N–H and O–H groups in total. The topological polar surface area (TPSA) is 49.7 Å². The minimum absolute atomic E-state index is 0.700. The van der Waals surface area contributed by atoms with Gasteiger partial charge in [-0.1, -0.05) is 19.9 Å². The molecular weight excluding hydrogens is 215 g/mol. The van der Waals surface area contributed by atoms with Crippen molar-refractivity contribution >= 4 is 7.85 Å². The highest BCUT2D eigenvalue weighted by Gasteiger charge is 2.31. The highest BCUT2D eigenvalue weighted by molar-refractivity contribution is 6.21. The first-order valence-corrected chi connectivity index (χ1v) is 6.11. The molecule has 2 radical (unpaired) electrons. The maximum absolute atomic E-state index is 9.10. The first-order chi connectivity index (χ1) is 7.64. The molecule has 0 unspecified atom stereocenters. The molecule has 0 aliphatic carbocycles. The van der Waals surface area contributed by atoms with Gasteiger partial charge in [-0.2, -0.15) is 0 Å². The molecule has 0 bridgehead atoms. The van der Waals surface area contributed by atoms with E-state index in [-0.39, 0.29) is 0 Å². The molecule has 0 fully saturated rings. The van der Waals surface area contributed by atoms with Gasteiger partial charge >= 0.3 is 0 Å². The zero-order valence-electron chi connectivity index (χ0n) is 12.1. The van der Waals surface area contributed by atoms with Crippen LogP contribution in [0.4, 0.5) is 0 Å². The van der Waals surface area contributed by atoms with E-state index in [9.17, 15) is 0 Å². The lowest BCUT2D eigenvalue weighted by Gasteiger charge is -2.31. The SMILES string of the molecule is CC.CC(C)(O)C(C)(C)O.[B]C1=CCOCC1. The molecule has 0 aromatic carbocycles. The van der Waals surface area contributed by atoms with E-state index in [0.717, 1.165) is 18.5 Å². The van der Waals surface area contributed by atoms with E-state index in [1.165, 1.54) is 0 Å². The van der Waals surface area contributed by atoms with E-state index in [1.54, 1.807) is 27.7 Å². The molecule has 17 heavy (non-hydrogen) atoms. The molecule has 0 amide bonds. The second-order valence-corrected chi connectivity index (χ2v) is 4.72. The first kappa shape index (κ1) is 19.0. The average molecular weight is 242 g/mol. The predicted octanol–water partition coefficient (Wildman–Crippen LogP) is 2.01. The van der Waals surface area contributed by atoms with E-state index in [1.807, 2.05) is 19.9 Å². The summed E-state index contributed by atoms with van der Waals surface area (Å²) in [5.74, 6) is 0. The average Bonchev–Trinajstić information content (AvgIpc) is 2.20. The van der Waals surface area contributed by atoms with E-state index >= 15 is 0 Å². The zero-order chi connectivity index (χ0) is 14.1. The summed E-state index contributed by atoms with van der Waals surface area (Å²) in [5.41, 5.74) is -1.05. The minimum atomic E-state index is -1.01. The maximum Gasteiger partial charge on any atom is 0.107 e. The maximum atomic E-state index is 9.10. The van der Waals surface area contributed by atoms with Gasteiger partial charge in [0, 0.05) is 6.61 Å².